The lowest BCUT2D eigenvalue weighted by molar-refractivity contribution is -0.119. The van der Waals surface area contributed by atoms with Gasteiger partial charge in [-0.1, -0.05) is 23.7 Å². The fourth-order valence-electron chi connectivity index (χ4n) is 1.96. The highest BCUT2D eigenvalue weighted by Crippen LogP contribution is 2.20. The molecule has 0 unspecified atom stereocenters. The van der Waals surface area contributed by atoms with Gasteiger partial charge in [-0.3, -0.25) is 9.59 Å². The molecule has 0 aliphatic heterocycles. The van der Waals surface area contributed by atoms with E-state index in [-0.39, 0.29) is 11.8 Å². The third-order valence-electron chi connectivity index (χ3n) is 3.19. The zero-order valence-corrected chi connectivity index (χ0v) is 13.2. The monoisotopic (exact) mass is 316 g/mol. The number of hydrogen-bond donors (Lipinski definition) is 2. The van der Waals surface area contributed by atoms with Crippen LogP contribution in [-0.2, 0) is 11.3 Å². The summed E-state index contributed by atoms with van der Waals surface area (Å²) in [6, 6.07) is 12.4. The van der Waals surface area contributed by atoms with Crippen LogP contribution in [0.1, 0.15) is 28.4 Å². The second-order valence-corrected chi connectivity index (χ2v) is 5.46. The summed E-state index contributed by atoms with van der Waals surface area (Å²) in [5.74, 6) is -0.267. The summed E-state index contributed by atoms with van der Waals surface area (Å²) < 4.78 is 0. The highest BCUT2D eigenvalue weighted by atomic mass is 35.5. The van der Waals surface area contributed by atoms with E-state index in [2.05, 4.69) is 10.6 Å². The minimum atomic E-state index is -0.184. The number of nitrogens with one attached hydrogen (secondary N) is 2. The van der Waals surface area contributed by atoms with Gasteiger partial charge in [-0.15, -0.1) is 0 Å². The number of aryl methyl sites for hydroxylation is 1. The molecular formula is C17H17ClN2O2. The highest BCUT2D eigenvalue weighted by Gasteiger charge is 2.08. The Hall–Kier alpha value is -2.33. The molecule has 2 N–H and O–H groups in total. The van der Waals surface area contributed by atoms with Crippen molar-refractivity contribution in [1.29, 1.82) is 0 Å². The molecule has 0 saturated heterocycles. The summed E-state index contributed by atoms with van der Waals surface area (Å²) in [6.07, 6.45) is 0. The van der Waals surface area contributed by atoms with Crippen LogP contribution in [0.15, 0.2) is 42.5 Å². The van der Waals surface area contributed by atoms with Gasteiger partial charge in [-0.25, -0.2) is 0 Å². The van der Waals surface area contributed by atoms with Crippen LogP contribution in [0.2, 0.25) is 5.02 Å². The van der Waals surface area contributed by atoms with Crippen LogP contribution in [0.4, 0.5) is 5.69 Å². The van der Waals surface area contributed by atoms with E-state index < -0.39 is 0 Å². The van der Waals surface area contributed by atoms with Crippen molar-refractivity contribution in [2.75, 3.05) is 5.32 Å². The van der Waals surface area contributed by atoms with Gasteiger partial charge in [-0.2, -0.15) is 0 Å². The summed E-state index contributed by atoms with van der Waals surface area (Å²) >= 11 is 5.90. The Morgan fingerprint density at radius 2 is 1.77 bits per heavy atom. The molecular weight excluding hydrogens is 300 g/mol. The van der Waals surface area contributed by atoms with Gasteiger partial charge in [0.2, 0.25) is 5.91 Å². The number of carbonyl (C=O) groups is 2. The van der Waals surface area contributed by atoms with Crippen molar-refractivity contribution in [3.05, 3.63) is 64.2 Å². The topological polar surface area (TPSA) is 58.2 Å². The van der Waals surface area contributed by atoms with E-state index in [0.29, 0.717) is 17.1 Å². The quantitative estimate of drug-likeness (QED) is 0.906. The van der Waals surface area contributed by atoms with Crippen LogP contribution < -0.4 is 10.6 Å². The SMILES string of the molecule is CC(=O)NCc1ccc(C(=O)Nc2ccc(Cl)cc2C)cc1. The molecule has 0 spiro atoms. The normalized spacial score (nSPS) is 10.1. The van der Waals surface area contributed by atoms with Crippen molar-refractivity contribution in [3.63, 3.8) is 0 Å². The summed E-state index contributed by atoms with van der Waals surface area (Å²) in [7, 11) is 0. The third-order valence-corrected chi connectivity index (χ3v) is 3.43. The molecule has 2 aromatic carbocycles. The van der Waals surface area contributed by atoms with Crippen LogP contribution in [0.5, 0.6) is 0 Å². The number of halogens is 1. The zero-order chi connectivity index (χ0) is 16.1. The number of hydrogen-bond acceptors (Lipinski definition) is 2. The fraction of sp³-hybridized carbons (Fsp3) is 0.176. The maximum absolute atomic E-state index is 12.2. The van der Waals surface area contributed by atoms with Crippen LogP contribution in [0.25, 0.3) is 0 Å². The molecule has 0 bridgehead atoms. The van der Waals surface area contributed by atoms with Crippen molar-refractivity contribution in [2.24, 2.45) is 0 Å². The van der Waals surface area contributed by atoms with E-state index in [1.54, 1.807) is 30.3 Å². The molecule has 0 saturated carbocycles. The van der Waals surface area contributed by atoms with Crippen LogP contribution in [-0.4, -0.2) is 11.8 Å². The second kappa shape index (κ2) is 7.09. The van der Waals surface area contributed by atoms with Gasteiger partial charge in [0.1, 0.15) is 0 Å². The minimum Gasteiger partial charge on any atom is -0.352 e. The van der Waals surface area contributed by atoms with Crippen molar-refractivity contribution in [3.8, 4) is 0 Å². The second-order valence-electron chi connectivity index (χ2n) is 5.02. The van der Waals surface area contributed by atoms with Crippen molar-refractivity contribution in [1.82, 2.24) is 5.32 Å². The Morgan fingerprint density at radius 3 is 2.36 bits per heavy atom. The molecule has 22 heavy (non-hydrogen) atoms. The first-order valence-electron chi connectivity index (χ1n) is 6.86. The number of anilines is 1. The molecule has 0 heterocycles. The van der Waals surface area contributed by atoms with E-state index in [1.807, 2.05) is 19.1 Å². The average Bonchev–Trinajstić information content (AvgIpc) is 2.48. The summed E-state index contributed by atoms with van der Waals surface area (Å²) in [5, 5.41) is 6.20. The molecule has 0 aliphatic carbocycles. The van der Waals surface area contributed by atoms with Crippen molar-refractivity contribution in [2.45, 2.75) is 20.4 Å². The Kier molecular flexibility index (Phi) is 5.17. The lowest BCUT2D eigenvalue weighted by Gasteiger charge is -2.09. The number of amides is 2. The van der Waals surface area contributed by atoms with E-state index in [9.17, 15) is 9.59 Å². The van der Waals surface area contributed by atoms with Gasteiger partial charge in [0.25, 0.3) is 5.91 Å². The van der Waals surface area contributed by atoms with Gasteiger partial charge in [0.05, 0.1) is 0 Å². The van der Waals surface area contributed by atoms with Crippen LogP contribution >= 0.6 is 11.6 Å². The molecule has 0 atom stereocenters. The number of rotatable bonds is 4. The van der Waals surface area contributed by atoms with E-state index in [4.69, 9.17) is 11.6 Å². The predicted octanol–water partition coefficient (Wildman–Crippen LogP) is 3.54. The first-order chi connectivity index (χ1) is 10.5. The highest BCUT2D eigenvalue weighted by molar-refractivity contribution is 6.30. The van der Waals surface area contributed by atoms with Crippen LogP contribution in [0, 0.1) is 6.92 Å². The predicted molar refractivity (Wildman–Crippen MR) is 88.1 cm³/mol. The molecule has 0 aliphatic rings. The summed E-state index contributed by atoms with van der Waals surface area (Å²) in [6.45, 7) is 3.81. The van der Waals surface area contributed by atoms with Gasteiger partial charge in [0.15, 0.2) is 0 Å². The lowest BCUT2D eigenvalue weighted by Crippen LogP contribution is -2.19. The molecule has 114 valence electrons. The molecule has 2 aromatic rings. The minimum absolute atomic E-state index is 0.0833. The number of carbonyl (C=O) groups excluding carboxylic acids is 2. The van der Waals surface area contributed by atoms with Gasteiger partial charge in [0, 0.05) is 29.7 Å². The molecule has 0 aromatic heterocycles. The molecule has 4 nitrogen and oxygen atoms in total. The average molecular weight is 317 g/mol. The fourth-order valence-corrected chi connectivity index (χ4v) is 2.19. The first kappa shape index (κ1) is 16.0. The van der Waals surface area contributed by atoms with Crippen LogP contribution in [0.3, 0.4) is 0 Å². The molecule has 2 rings (SSSR count). The Labute approximate surface area is 134 Å². The standard InChI is InChI=1S/C17H17ClN2O2/c1-11-9-15(18)7-8-16(11)20-17(22)14-5-3-13(4-6-14)10-19-12(2)21/h3-9H,10H2,1-2H3,(H,19,21)(H,20,22). The maximum Gasteiger partial charge on any atom is 0.255 e. The molecule has 2 amide bonds. The smallest absolute Gasteiger partial charge is 0.255 e. The Balaban J connectivity index is 2.04. The maximum atomic E-state index is 12.2. The van der Waals surface area contributed by atoms with E-state index in [0.717, 1.165) is 16.8 Å². The Bertz CT molecular complexity index is 696. The van der Waals surface area contributed by atoms with Gasteiger partial charge in [-0.05, 0) is 48.4 Å². The van der Waals surface area contributed by atoms with Crippen molar-refractivity contribution < 1.29 is 9.59 Å². The zero-order valence-electron chi connectivity index (χ0n) is 12.4. The molecule has 5 heteroatoms. The largest absolute Gasteiger partial charge is 0.352 e. The summed E-state index contributed by atoms with van der Waals surface area (Å²) in [5.41, 5.74) is 3.13. The van der Waals surface area contributed by atoms with Gasteiger partial charge < -0.3 is 10.6 Å². The Morgan fingerprint density at radius 1 is 1.09 bits per heavy atom. The van der Waals surface area contributed by atoms with Gasteiger partial charge >= 0.3 is 0 Å². The number of benzene rings is 2. The molecule has 0 radical (unpaired) electrons. The lowest BCUT2D eigenvalue weighted by atomic mass is 10.1. The van der Waals surface area contributed by atoms with E-state index >= 15 is 0 Å². The van der Waals surface area contributed by atoms with Crippen molar-refractivity contribution >= 4 is 29.1 Å². The van der Waals surface area contributed by atoms with E-state index in [1.165, 1.54) is 6.92 Å². The molecule has 0 fully saturated rings. The third kappa shape index (κ3) is 4.33. The summed E-state index contributed by atoms with van der Waals surface area (Å²) in [4.78, 5) is 23.1. The first-order valence-corrected chi connectivity index (χ1v) is 7.24.